The van der Waals surface area contributed by atoms with Crippen LogP contribution >= 0.6 is 0 Å². The van der Waals surface area contributed by atoms with Crippen molar-refractivity contribution in [3.63, 3.8) is 0 Å². The van der Waals surface area contributed by atoms with Crippen molar-refractivity contribution < 1.29 is 9.53 Å². The second-order valence-electron chi connectivity index (χ2n) is 3.78. The number of carbonyl (C=O) groups excluding carboxylic acids is 1. The minimum absolute atomic E-state index is 0.0966. The van der Waals surface area contributed by atoms with E-state index < -0.39 is 0 Å². The third-order valence-electron chi connectivity index (χ3n) is 2.69. The Kier molecular flexibility index (Phi) is 5.70. The monoisotopic (exact) mass is 235 g/mol. The third-order valence-corrected chi connectivity index (χ3v) is 2.69. The van der Waals surface area contributed by atoms with Gasteiger partial charge in [0.1, 0.15) is 6.73 Å². The lowest BCUT2D eigenvalue weighted by Gasteiger charge is -2.24. The molecule has 0 radical (unpaired) electrons. The highest BCUT2D eigenvalue weighted by Crippen LogP contribution is 2.21. The average Bonchev–Trinajstić information content (AvgIpc) is 2.39. The molecule has 0 unspecified atom stereocenters. The van der Waals surface area contributed by atoms with Crippen LogP contribution in [0.25, 0.3) is 0 Å². The van der Waals surface area contributed by atoms with Gasteiger partial charge in [0, 0.05) is 18.7 Å². The van der Waals surface area contributed by atoms with Gasteiger partial charge >= 0.3 is 0 Å². The van der Waals surface area contributed by atoms with E-state index in [1.807, 2.05) is 32.0 Å². The van der Waals surface area contributed by atoms with Crippen LogP contribution in [0.15, 0.2) is 24.3 Å². The van der Waals surface area contributed by atoms with Crippen LogP contribution in [-0.2, 0) is 16.0 Å². The molecule has 3 heteroatoms. The van der Waals surface area contributed by atoms with Gasteiger partial charge in [0.15, 0.2) is 0 Å². The van der Waals surface area contributed by atoms with Gasteiger partial charge in [-0.15, -0.1) is 0 Å². The fourth-order valence-electron chi connectivity index (χ4n) is 1.72. The molecule has 0 bridgehead atoms. The van der Waals surface area contributed by atoms with E-state index in [-0.39, 0.29) is 5.91 Å². The molecule has 1 amide bonds. The third kappa shape index (κ3) is 3.56. The molecular weight excluding hydrogens is 214 g/mol. The van der Waals surface area contributed by atoms with Gasteiger partial charge in [0.2, 0.25) is 5.91 Å². The molecule has 0 saturated carbocycles. The summed E-state index contributed by atoms with van der Waals surface area (Å²) in [5.74, 6) is 0.0966. The van der Waals surface area contributed by atoms with Crippen LogP contribution < -0.4 is 4.90 Å². The number of para-hydroxylation sites is 1. The van der Waals surface area contributed by atoms with E-state index in [4.69, 9.17) is 4.74 Å². The van der Waals surface area contributed by atoms with Gasteiger partial charge in [-0.25, -0.2) is 0 Å². The number of nitrogens with zero attached hydrogens (tertiary/aromatic N) is 1. The average molecular weight is 235 g/mol. The number of anilines is 1. The first-order valence-electron chi connectivity index (χ1n) is 6.20. The van der Waals surface area contributed by atoms with E-state index >= 15 is 0 Å². The largest absolute Gasteiger partial charge is 0.361 e. The summed E-state index contributed by atoms with van der Waals surface area (Å²) in [5.41, 5.74) is 2.14. The van der Waals surface area contributed by atoms with Crippen LogP contribution in [-0.4, -0.2) is 19.2 Å². The van der Waals surface area contributed by atoms with Crippen molar-refractivity contribution >= 4 is 11.6 Å². The molecule has 0 aliphatic carbocycles. The van der Waals surface area contributed by atoms with E-state index in [2.05, 4.69) is 13.0 Å². The number of hydrogen-bond acceptors (Lipinski definition) is 2. The van der Waals surface area contributed by atoms with Gasteiger partial charge in [-0.05, 0) is 25.0 Å². The maximum atomic E-state index is 11.9. The highest BCUT2D eigenvalue weighted by Gasteiger charge is 2.16. The number of rotatable bonds is 6. The summed E-state index contributed by atoms with van der Waals surface area (Å²) in [6.45, 7) is 6.84. The van der Waals surface area contributed by atoms with Crippen LogP contribution in [0.1, 0.15) is 32.8 Å². The summed E-state index contributed by atoms with van der Waals surface area (Å²) in [5, 5.41) is 0. The van der Waals surface area contributed by atoms with Crippen molar-refractivity contribution in [3.8, 4) is 0 Å². The predicted molar refractivity (Wildman–Crippen MR) is 70.1 cm³/mol. The molecule has 0 spiro atoms. The van der Waals surface area contributed by atoms with Crippen LogP contribution in [0, 0.1) is 0 Å². The summed E-state index contributed by atoms with van der Waals surface area (Å²) < 4.78 is 5.38. The first-order valence-corrected chi connectivity index (χ1v) is 6.20. The Morgan fingerprint density at radius 3 is 2.53 bits per heavy atom. The lowest BCUT2D eigenvalue weighted by atomic mass is 10.1. The molecule has 1 aromatic rings. The molecule has 0 aliphatic rings. The molecule has 0 aliphatic heterocycles. The fraction of sp³-hybridized carbons (Fsp3) is 0.500. The zero-order chi connectivity index (χ0) is 12.7. The number of aryl methyl sites for hydroxylation is 1. The Bertz CT molecular complexity index is 363. The molecule has 3 nitrogen and oxygen atoms in total. The number of carbonyl (C=O) groups is 1. The number of hydrogen-bond donors (Lipinski definition) is 0. The van der Waals surface area contributed by atoms with Gasteiger partial charge in [-0.2, -0.15) is 0 Å². The molecule has 1 rings (SSSR count). The first kappa shape index (κ1) is 13.7. The van der Waals surface area contributed by atoms with Gasteiger partial charge in [0.25, 0.3) is 0 Å². The first-order chi connectivity index (χ1) is 8.24. The Balaban J connectivity index is 2.98. The predicted octanol–water partition coefficient (Wildman–Crippen LogP) is 2.99. The van der Waals surface area contributed by atoms with E-state index in [9.17, 15) is 4.79 Å². The van der Waals surface area contributed by atoms with Gasteiger partial charge in [0.05, 0.1) is 0 Å². The standard InChI is InChI=1S/C14H21NO2/c1-4-12-9-7-8-10-13(12)15(11-17-6-3)14(16)5-2/h7-10H,4-6,11H2,1-3H3. The highest BCUT2D eigenvalue weighted by molar-refractivity contribution is 5.93. The molecular formula is C14H21NO2. The number of ether oxygens (including phenoxy) is 1. The SMILES string of the molecule is CCOCN(C(=O)CC)c1ccccc1CC. The minimum atomic E-state index is 0.0966. The molecule has 0 aromatic heterocycles. The molecule has 0 heterocycles. The van der Waals surface area contributed by atoms with Crippen molar-refractivity contribution in [3.05, 3.63) is 29.8 Å². The second kappa shape index (κ2) is 7.07. The van der Waals surface area contributed by atoms with Gasteiger partial charge < -0.3 is 4.74 Å². The Morgan fingerprint density at radius 2 is 1.94 bits per heavy atom. The topological polar surface area (TPSA) is 29.5 Å². The van der Waals surface area contributed by atoms with Crippen LogP contribution in [0.4, 0.5) is 5.69 Å². The zero-order valence-corrected chi connectivity index (χ0v) is 10.9. The van der Waals surface area contributed by atoms with Crippen LogP contribution in [0.2, 0.25) is 0 Å². The van der Waals surface area contributed by atoms with Crippen LogP contribution in [0.5, 0.6) is 0 Å². The normalized spacial score (nSPS) is 10.3. The van der Waals surface area contributed by atoms with E-state index in [0.717, 1.165) is 12.1 Å². The van der Waals surface area contributed by atoms with Crippen molar-refractivity contribution in [2.45, 2.75) is 33.6 Å². The summed E-state index contributed by atoms with van der Waals surface area (Å²) in [4.78, 5) is 13.7. The van der Waals surface area contributed by atoms with E-state index in [0.29, 0.717) is 19.8 Å². The van der Waals surface area contributed by atoms with Crippen molar-refractivity contribution in [1.29, 1.82) is 0 Å². The van der Waals surface area contributed by atoms with Crippen molar-refractivity contribution in [2.24, 2.45) is 0 Å². The lowest BCUT2D eigenvalue weighted by molar-refractivity contribution is -0.119. The van der Waals surface area contributed by atoms with Crippen molar-refractivity contribution in [1.82, 2.24) is 0 Å². The minimum Gasteiger partial charge on any atom is -0.361 e. The van der Waals surface area contributed by atoms with Gasteiger partial charge in [-0.1, -0.05) is 32.0 Å². The van der Waals surface area contributed by atoms with E-state index in [1.165, 1.54) is 5.56 Å². The quantitative estimate of drug-likeness (QED) is 0.709. The second-order valence-corrected chi connectivity index (χ2v) is 3.78. The van der Waals surface area contributed by atoms with Crippen LogP contribution in [0.3, 0.4) is 0 Å². The summed E-state index contributed by atoms with van der Waals surface area (Å²) in [6, 6.07) is 7.98. The maximum absolute atomic E-state index is 11.9. The zero-order valence-electron chi connectivity index (χ0n) is 10.9. The summed E-state index contributed by atoms with van der Waals surface area (Å²) >= 11 is 0. The molecule has 0 atom stereocenters. The molecule has 94 valence electrons. The Labute approximate surface area is 103 Å². The molecule has 0 fully saturated rings. The smallest absolute Gasteiger partial charge is 0.228 e. The lowest BCUT2D eigenvalue weighted by Crippen LogP contribution is -2.33. The molecule has 1 aromatic carbocycles. The summed E-state index contributed by atoms with van der Waals surface area (Å²) in [6.07, 6.45) is 1.40. The highest BCUT2D eigenvalue weighted by atomic mass is 16.5. The Hall–Kier alpha value is -1.35. The Morgan fingerprint density at radius 1 is 1.24 bits per heavy atom. The maximum Gasteiger partial charge on any atom is 0.228 e. The van der Waals surface area contributed by atoms with Gasteiger partial charge in [-0.3, -0.25) is 9.69 Å². The molecule has 0 saturated heterocycles. The fourth-order valence-corrected chi connectivity index (χ4v) is 1.72. The van der Waals surface area contributed by atoms with Crippen molar-refractivity contribution in [2.75, 3.05) is 18.2 Å². The molecule has 17 heavy (non-hydrogen) atoms. The molecule has 0 N–H and O–H groups in total. The number of benzene rings is 1. The number of amides is 1. The summed E-state index contributed by atoms with van der Waals surface area (Å²) in [7, 11) is 0. The van der Waals surface area contributed by atoms with E-state index in [1.54, 1.807) is 4.90 Å².